The van der Waals surface area contributed by atoms with E-state index in [0.29, 0.717) is 49.4 Å². The summed E-state index contributed by atoms with van der Waals surface area (Å²) in [6.45, 7) is 4.49. The van der Waals surface area contributed by atoms with Crippen LogP contribution in [0.15, 0.2) is 42.6 Å². The van der Waals surface area contributed by atoms with Gasteiger partial charge in [-0.25, -0.2) is 4.98 Å². The summed E-state index contributed by atoms with van der Waals surface area (Å²) in [7, 11) is 0. The first-order chi connectivity index (χ1) is 13.1. The van der Waals surface area contributed by atoms with Crippen molar-refractivity contribution in [3.05, 3.63) is 47.6 Å². The van der Waals surface area contributed by atoms with E-state index in [-0.39, 0.29) is 0 Å². The Bertz CT molecular complexity index is 805. The number of nitrogens with zero attached hydrogens (tertiary/aromatic N) is 3. The Hall–Kier alpha value is -2.80. The Morgan fingerprint density at radius 1 is 1.15 bits per heavy atom. The van der Waals surface area contributed by atoms with Gasteiger partial charge in [0.1, 0.15) is 5.69 Å². The van der Waals surface area contributed by atoms with Gasteiger partial charge in [-0.1, -0.05) is 11.6 Å². The Labute approximate surface area is 162 Å². The van der Waals surface area contributed by atoms with E-state index in [1.807, 2.05) is 31.2 Å². The number of hydrogen-bond donors (Lipinski definition) is 1. The van der Waals surface area contributed by atoms with Gasteiger partial charge in [-0.3, -0.25) is 9.59 Å². The molecule has 7 nitrogen and oxygen atoms in total. The van der Waals surface area contributed by atoms with Gasteiger partial charge in [0.25, 0.3) is 0 Å². The normalized spacial score (nSPS) is 14.0. The predicted molar refractivity (Wildman–Crippen MR) is 104 cm³/mol. The molecular formula is C19H21ClN4O3. The number of amides is 2. The van der Waals surface area contributed by atoms with Gasteiger partial charge in [0.2, 0.25) is 5.88 Å². The molecular weight excluding hydrogens is 368 g/mol. The number of carbonyl (C=O) groups excluding carboxylic acids is 2. The van der Waals surface area contributed by atoms with Crippen molar-refractivity contribution in [1.82, 2.24) is 9.88 Å². The smallest absolute Gasteiger partial charge is 0.314 e. The van der Waals surface area contributed by atoms with Crippen LogP contribution in [0.25, 0.3) is 0 Å². The maximum atomic E-state index is 12.5. The van der Waals surface area contributed by atoms with Gasteiger partial charge in [0, 0.05) is 43.1 Å². The lowest BCUT2D eigenvalue weighted by atomic mass is 10.2. The fourth-order valence-electron chi connectivity index (χ4n) is 2.88. The summed E-state index contributed by atoms with van der Waals surface area (Å²) in [6, 6.07) is 10.9. The van der Waals surface area contributed by atoms with Gasteiger partial charge in [0.05, 0.1) is 6.61 Å². The Morgan fingerprint density at radius 2 is 1.85 bits per heavy atom. The minimum absolute atomic E-state index is 0.300. The molecule has 1 saturated heterocycles. The zero-order valence-electron chi connectivity index (χ0n) is 15.0. The SMILES string of the molecule is CCOc1ncccc1NC(=O)C(=O)N1CCN(c2ccc(Cl)cc2)CC1. The monoisotopic (exact) mass is 388 g/mol. The molecule has 2 amide bonds. The van der Waals surface area contributed by atoms with Crippen LogP contribution in [0.3, 0.4) is 0 Å². The second-order valence-electron chi connectivity index (χ2n) is 6.00. The molecule has 8 heteroatoms. The Kier molecular flexibility index (Phi) is 6.13. The molecule has 3 rings (SSSR count). The molecule has 1 aromatic carbocycles. The quantitative estimate of drug-likeness (QED) is 0.814. The lowest BCUT2D eigenvalue weighted by Gasteiger charge is -2.35. The van der Waals surface area contributed by atoms with Gasteiger partial charge < -0.3 is 19.9 Å². The number of aromatic nitrogens is 1. The van der Waals surface area contributed by atoms with Crippen molar-refractivity contribution in [2.24, 2.45) is 0 Å². The zero-order valence-corrected chi connectivity index (χ0v) is 15.8. The molecule has 27 heavy (non-hydrogen) atoms. The van der Waals surface area contributed by atoms with Crippen molar-refractivity contribution in [2.75, 3.05) is 43.0 Å². The predicted octanol–water partition coefficient (Wildman–Crippen LogP) is 2.42. The minimum atomic E-state index is -0.691. The van der Waals surface area contributed by atoms with Crippen molar-refractivity contribution in [3.8, 4) is 5.88 Å². The molecule has 0 unspecified atom stereocenters. The molecule has 0 spiro atoms. The number of anilines is 2. The molecule has 0 radical (unpaired) electrons. The minimum Gasteiger partial charge on any atom is -0.476 e. The highest BCUT2D eigenvalue weighted by Crippen LogP contribution is 2.21. The van der Waals surface area contributed by atoms with E-state index in [1.165, 1.54) is 0 Å². The van der Waals surface area contributed by atoms with Crippen molar-refractivity contribution in [1.29, 1.82) is 0 Å². The van der Waals surface area contributed by atoms with Crippen molar-refractivity contribution >= 4 is 34.8 Å². The van der Waals surface area contributed by atoms with Crippen LogP contribution < -0.4 is 15.0 Å². The maximum Gasteiger partial charge on any atom is 0.314 e. The number of hydrogen-bond acceptors (Lipinski definition) is 5. The lowest BCUT2D eigenvalue weighted by Crippen LogP contribution is -2.51. The summed E-state index contributed by atoms with van der Waals surface area (Å²) in [5, 5.41) is 3.28. The first-order valence-corrected chi connectivity index (χ1v) is 9.15. The van der Waals surface area contributed by atoms with Crippen molar-refractivity contribution < 1.29 is 14.3 Å². The van der Waals surface area contributed by atoms with Crippen LogP contribution in [0.2, 0.25) is 5.02 Å². The van der Waals surface area contributed by atoms with Gasteiger partial charge in [-0.15, -0.1) is 0 Å². The molecule has 1 aliphatic heterocycles. The van der Waals surface area contributed by atoms with Gasteiger partial charge in [0.15, 0.2) is 0 Å². The third-order valence-electron chi connectivity index (χ3n) is 4.25. The van der Waals surface area contributed by atoms with Crippen LogP contribution in [0, 0.1) is 0 Å². The maximum absolute atomic E-state index is 12.5. The third-order valence-corrected chi connectivity index (χ3v) is 4.51. The molecule has 1 aromatic heterocycles. The van der Waals surface area contributed by atoms with Crippen molar-refractivity contribution in [3.63, 3.8) is 0 Å². The Morgan fingerprint density at radius 3 is 2.52 bits per heavy atom. The highest BCUT2D eigenvalue weighted by Gasteiger charge is 2.26. The first kappa shape index (κ1) is 19.0. The van der Waals surface area contributed by atoms with Gasteiger partial charge >= 0.3 is 11.8 Å². The molecule has 1 N–H and O–H groups in total. The summed E-state index contributed by atoms with van der Waals surface area (Å²) in [4.78, 5) is 32.6. The van der Waals surface area contributed by atoms with Crippen LogP contribution in [0.1, 0.15) is 6.92 Å². The summed E-state index contributed by atoms with van der Waals surface area (Å²) < 4.78 is 5.37. The summed E-state index contributed by atoms with van der Waals surface area (Å²) in [5.74, 6) is -0.949. The summed E-state index contributed by atoms with van der Waals surface area (Å²) in [5.41, 5.74) is 1.44. The van der Waals surface area contributed by atoms with Crippen LogP contribution >= 0.6 is 11.6 Å². The Balaban J connectivity index is 1.57. The van der Waals surface area contributed by atoms with Gasteiger partial charge in [-0.2, -0.15) is 0 Å². The lowest BCUT2D eigenvalue weighted by molar-refractivity contribution is -0.143. The first-order valence-electron chi connectivity index (χ1n) is 8.77. The average molecular weight is 389 g/mol. The van der Waals surface area contributed by atoms with Crippen LogP contribution in [0.5, 0.6) is 5.88 Å². The van der Waals surface area contributed by atoms with E-state index in [4.69, 9.17) is 16.3 Å². The molecule has 1 fully saturated rings. The number of benzene rings is 1. The number of rotatable bonds is 4. The number of ether oxygens (including phenoxy) is 1. The second-order valence-corrected chi connectivity index (χ2v) is 6.44. The largest absolute Gasteiger partial charge is 0.476 e. The second kappa shape index (κ2) is 8.73. The number of piperazine rings is 1. The summed E-state index contributed by atoms with van der Waals surface area (Å²) >= 11 is 5.92. The van der Waals surface area contributed by atoms with Gasteiger partial charge in [-0.05, 0) is 43.3 Å². The standard InChI is InChI=1S/C19H21ClN4O3/c1-2-27-18-16(4-3-9-21-18)22-17(25)19(26)24-12-10-23(11-13-24)15-7-5-14(20)6-8-15/h3-9H,2,10-13H2,1H3,(H,22,25). The van der Waals surface area contributed by atoms with E-state index >= 15 is 0 Å². The number of halogens is 1. The molecule has 0 atom stereocenters. The molecule has 1 aliphatic rings. The average Bonchev–Trinajstić information content (AvgIpc) is 2.70. The van der Waals surface area contributed by atoms with Crippen LogP contribution in [-0.2, 0) is 9.59 Å². The van der Waals surface area contributed by atoms with Crippen molar-refractivity contribution in [2.45, 2.75) is 6.92 Å². The molecule has 0 saturated carbocycles. The molecule has 0 aliphatic carbocycles. The van der Waals surface area contributed by atoms with E-state index in [2.05, 4.69) is 15.2 Å². The van der Waals surface area contributed by atoms with Crippen LogP contribution in [-0.4, -0.2) is 54.5 Å². The zero-order chi connectivity index (χ0) is 19.2. The number of carbonyl (C=O) groups is 2. The topological polar surface area (TPSA) is 74.8 Å². The highest BCUT2D eigenvalue weighted by molar-refractivity contribution is 6.39. The van der Waals surface area contributed by atoms with E-state index in [9.17, 15) is 9.59 Å². The fraction of sp³-hybridized carbons (Fsp3) is 0.316. The van der Waals surface area contributed by atoms with E-state index in [0.717, 1.165) is 5.69 Å². The number of pyridine rings is 1. The molecule has 2 heterocycles. The fourth-order valence-corrected chi connectivity index (χ4v) is 3.00. The van der Waals surface area contributed by atoms with Crippen LogP contribution in [0.4, 0.5) is 11.4 Å². The van der Waals surface area contributed by atoms with E-state index in [1.54, 1.807) is 23.2 Å². The molecule has 0 bridgehead atoms. The molecule has 142 valence electrons. The summed E-state index contributed by atoms with van der Waals surface area (Å²) in [6.07, 6.45) is 1.57. The third kappa shape index (κ3) is 4.68. The highest BCUT2D eigenvalue weighted by atomic mass is 35.5. The molecule has 2 aromatic rings. The van der Waals surface area contributed by atoms with E-state index < -0.39 is 11.8 Å². The number of nitrogens with one attached hydrogen (secondary N) is 1.